The Morgan fingerprint density at radius 2 is 1.83 bits per heavy atom. The summed E-state index contributed by atoms with van der Waals surface area (Å²) in [5.74, 6) is -1.16. The maximum Gasteiger partial charge on any atom is 0.265 e. The monoisotopic (exact) mass is 343 g/mol. The van der Waals surface area contributed by atoms with Crippen LogP contribution in [0.25, 0.3) is 0 Å². The van der Waals surface area contributed by atoms with E-state index >= 15 is 0 Å². The zero-order valence-electron chi connectivity index (χ0n) is 12.5. The molecule has 1 aliphatic heterocycles. The van der Waals surface area contributed by atoms with Crippen LogP contribution in [0, 0.1) is 0 Å². The highest BCUT2D eigenvalue weighted by Gasteiger charge is 2.39. The maximum absolute atomic E-state index is 12.4. The first-order valence-electron chi connectivity index (χ1n) is 7.29. The molecule has 24 heavy (non-hydrogen) atoms. The van der Waals surface area contributed by atoms with Gasteiger partial charge in [0.25, 0.3) is 11.8 Å². The van der Waals surface area contributed by atoms with E-state index in [1.165, 1.54) is 6.07 Å². The second-order valence-electron chi connectivity index (χ2n) is 5.27. The topological polar surface area (TPSA) is 78.5 Å². The number of rotatable bonds is 4. The normalized spacial score (nSPS) is 17.2. The summed E-state index contributed by atoms with van der Waals surface area (Å²) in [5, 5.41) is 0.435. The fourth-order valence-electron chi connectivity index (χ4n) is 2.45. The van der Waals surface area contributed by atoms with Crippen molar-refractivity contribution in [2.45, 2.75) is 12.5 Å². The molecule has 1 atom stereocenters. The van der Waals surface area contributed by atoms with Crippen LogP contribution < -0.4 is 15.8 Å². The lowest BCUT2D eigenvalue weighted by atomic mass is 10.2. The average molecular weight is 344 g/mol. The molecule has 6 nitrogen and oxygen atoms in total. The van der Waals surface area contributed by atoms with Crippen molar-refractivity contribution in [2.75, 3.05) is 4.90 Å². The zero-order chi connectivity index (χ0) is 17.1. The third-order valence-corrected chi connectivity index (χ3v) is 3.84. The third kappa shape index (κ3) is 3.29. The highest BCUT2D eigenvalue weighted by atomic mass is 35.5. The van der Waals surface area contributed by atoms with E-state index in [2.05, 4.69) is 10.9 Å². The van der Waals surface area contributed by atoms with E-state index < -0.39 is 17.9 Å². The van der Waals surface area contributed by atoms with Crippen LogP contribution in [-0.2, 0) is 9.59 Å². The van der Waals surface area contributed by atoms with E-state index in [-0.39, 0.29) is 12.3 Å². The molecule has 3 rings (SSSR count). The van der Waals surface area contributed by atoms with Gasteiger partial charge in [0.05, 0.1) is 12.1 Å². The van der Waals surface area contributed by atoms with Gasteiger partial charge in [-0.3, -0.25) is 19.8 Å². The number of nitrogens with one attached hydrogen (secondary N) is 2. The molecule has 0 aliphatic carbocycles. The van der Waals surface area contributed by atoms with E-state index in [0.29, 0.717) is 16.3 Å². The van der Waals surface area contributed by atoms with E-state index in [9.17, 15) is 14.4 Å². The second kappa shape index (κ2) is 6.82. The number of nitrogens with zero attached hydrogens (tertiary/aromatic N) is 1. The van der Waals surface area contributed by atoms with E-state index in [1.807, 2.05) is 0 Å². The van der Waals surface area contributed by atoms with Crippen LogP contribution in [0.1, 0.15) is 16.8 Å². The fraction of sp³-hybridized carbons (Fsp3) is 0.118. The number of imide groups is 1. The average Bonchev–Trinajstić information content (AvgIpc) is 2.87. The Morgan fingerprint density at radius 3 is 2.54 bits per heavy atom. The summed E-state index contributed by atoms with van der Waals surface area (Å²) in [4.78, 5) is 37.6. The second-order valence-corrected chi connectivity index (χ2v) is 5.70. The smallest absolute Gasteiger partial charge is 0.265 e. The van der Waals surface area contributed by atoms with Gasteiger partial charge in [-0.15, -0.1) is 0 Å². The molecule has 1 unspecified atom stereocenters. The van der Waals surface area contributed by atoms with Crippen LogP contribution in [0.2, 0.25) is 5.02 Å². The van der Waals surface area contributed by atoms with Crippen molar-refractivity contribution in [3.63, 3.8) is 0 Å². The number of para-hydroxylation sites is 1. The predicted octanol–water partition coefficient (Wildman–Crippen LogP) is 1.91. The number of hydrogen-bond acceptors (Lipinski definition) is 4. The van der Waals surface area contributed by atoms with Gasteiger partial charge in [0.2, 0.25) is 5.91 Å². The van der Waals surface area contributed by atoms with Gasteiger partial charge >= 0.3 is 0 Å². The summed E-state index contributed by atoms with van der Waals surface area (Å²) in [7, 11) is 0. The van der Waals surface area contributed by atoms with Crippen molar-refractivity contribution in [1.82, 2.24) is 10.9 Å². The molecule has 0 aromatic heterocycles. The van der Waals surface area contributed by atoms with Crippen LogP contribution in [0.3, 0.4) is 0 Å². The molecule has 2 N–H and O–H groups in total. The molecular formula is C17H14ClN3O3. The number of amides is 3. The number of anilines is 1. The minimum absolute atomic E-state index is 0.0243. The number of carbonyl (C=O) groups excluding carboxylic acids is 3. The molecule has 2 aromatic rings. The third-order valence-electron chi connectivity index (χ3n) is 3.61. The number of carbonyl (C=O) groups is 3. The highest BCUT2D eigenvalue weighted by molar-refractivity contribution is 6.31. The molecule has 1 saturated heterocycles. The van der Waals surface area contributed by atoms with E-state index in [0.717, 1.165) is 4.90 Å². The van der Waals surface area contributed by atoms with Crippen molar-refractivity contribution in [1.29, 1.82) is 0 Å². The molecule has 0 saturated carbocycles. The van der Waals surface area contributed by atoms with Crippen molar-refractivity contribution in [2.24, 2.45) is 0 Å². The summed E-state index contributed by atoms with van der Waals surface area (Å²) < 4.78 is 0. The van der Waals surface area contributed by atoms with Gasteiger partial charge in [-0.25, -0.2) is 10.3 Å². The van der Waals surface area contributed by atoms with Gasteiger partial charge in [-0.05, 0) is 30.3 Å². The Morgan fingerprint density at radius 1 is 1.08 bits per heavy atom. The number of hydrogen-bond donors (Lipinski definition) is 2. The maximum atomic E-state index is 12.4. The molecule has 3 amide bonds. The van der Waals surface area contributed by atoms with Crippen LogP contribution in [-0.4, -0.2) is 23.8 Å². The van der Waals surface area contributed by atoms with Gasteiger partial charge in [0, 0.05) is 10.6 Å². The van der Waals surface area contributed by atoms with Gasteiger partial charge < -0.3 is 0 Å². The van der Waals surface area contributed by atoms with E-state index in [4.69, 9.17) is 11.6 Å². The Bertz CT molecular complexity index is 795. The number of hydrazine groups is 1. The minimum Gasteiger partial charge on any atom is -0.287 e. The molecule has 1 heterocycles. The Balaban J connectivity index is 1.65. The summed E-state index contributed by atoms with van der Waals surface area (Å²) in [5.41, 5.74) is 5.93. The van der Waals surface area contributed by atoms with Gasteiger partial charge in [-0.1, -0.05) is 35.9 Å². The summed E-state index contributed by atoms with van der Waals surface area (Å²) in [6, 6.07) is 14.3. The molecule has 0 radical (unpaired) electrons. The van der Waals surface area contributed by atoms with Gasteiger partial charge in [0.1, 0.15) is 6.04 Å². The van der Waals surface area contributed by atoms with Crippen molar-refractivity contribution < 1.29 is 14.4 Å². The summed E-state index contributed by atoms with van der Waals surface area (Å²) in [6.07, 6.45) is -0.0243. The first-order chi connectivity index (χ1) is 11.6. The molecule has 1 fully saturated rings. The molecule has 1 aliphatic rings. The highest BCUT2D eigenvalue weighted by Crippen LogP contribution is 2.22. The lowest BCUT2D eigenvalue weighted by Gasteiger charge is -2.15. The SMILES string of the molecule is O=C(NNC1CC(=O)N(c2ccccc2)C1=O)c1cccc(Cl)c1. The molecule has 0 spiro atoms. The predicted molar refractivity (Wildman–Crippen MR) is 89.4 cm³/mol. The number of benzene rings is 2. The molecule has 7 heteroatoms. The minimum atomic E-state index is -0.805. The van der Waals surface area contributed by atoms with Crippen molar-refractivity contribution in [3.05, 3.63) is 65.2 Å². The molecule has 0 bridgehead atoms. The number of halogens is 1. The molecule has 122 valence electrons. The lowest BCUT2D eigenvalue weighted by molar-refractivity contribution is -0.121. The Labute approximate surface area is 143 Å². The van der Waals surface area contributed by atoms with Crippen LogP contribution in [0.4, 0.5) is 5.69 Å². The van der Waals surface area contributed by atoms with Gasteiger partial charge in [-0.2, -0.15) is 0 Å². The Kier molecular flexibility index (Phi) is 4.59. The van der Waals surface area contributed by atoms with Crippen LogP contribution in [0.15, 0.2) is 54.6 Å². The van der Waals surface area contributed by atoms with Gasteiger partial charge in [0.15, 0.2) is 0 Å². The quantitative estimate of drug-likeness (QED) is 0.656. The Hall–Kier alpha value is -2.70. The first-order valence-corrected chi connectivity index (χ1v) is 7.67. The largest absolute Gasteiger partial charge is 0.287 e. The van der Waals surface area contributed by atoms with Crippen molar-refractivity contribution >= 4 is 35.0 Å². The molecule has 2 aromatic carbocycles. The van der Waals surface area contributed by atoms with Crippen LogP contribution in [0.5, 0.6) is 0 Å². The molecular weight excluding hydrogens is 330 g/mol. The van der Waals surface area contributed by atoms with E-state index in [1.54, 1.807) is 48.5 Å². The van der Waals surface area contributed by atoms with Crippen molar-refractivity contribution in [3.8, 4) is 0 Å². The first kappa shape index (κ1) is 16.2. The summed E-state index contributed by atoms with van der Waals surface area (Å²) >= 11 is 5.84. The summed E-state index contributed by atoms with van der Waals surface area (Å²) in [6.45, 7) is 0. The fourth-order valence-corrected chi connectivity index (χ4v) is 2.64. The zero-order valence-corrected chi connectivity index (χ0v) is 13.3. The standard InChI is InChI=1S/C17H14ClN3O3/c18-12-6-4-5-11(9-12)16(23)20-19-14-10-15(22)21(17(14)24)13-7-2-1-3-8-13/h1-9,14,19H,10H2,(H,20,23). The van der Waals surface area contributed by atoms with Crippen LogP contribution >= 0.6 is 11.6 Å². The lowest BCUT2D eigenvalue weighted by Crippen LogP contribution is -2.48.